The lowest BCUT2D eigenvalue weighted by atomic mass is 10.1. The van der Waals surface area contributed by atoms with Gasteiger partial charge in [-0.15, -0.1) is 0 Å². The molecule has 0 fully saturated rings. The number of benzene rings is 2. The van der Waals surface area contributed by atoms with E-state index < -0.39 is 10.0 Å². The Labute approximate surface area is 162 Å². The average Bonchev–Trinajstić information content (AvgIpc) is 2.60. The van der Waals surface area contributed by atoms with Gasteiger partial charge in [0.1, 0.15) is 0 Å². The van der Waals surface area contributed by atoms with Crippen molar-refractivity contribution in [3.63, 3.8) is 0 Å². The first kappa shape index (κ1) is 20.9. The molecule has 27 heavy (non-hydrogen) atoms. The van der Waals surface area contributed by atoms with Crippen molar-refractivity contribution < 1.29 is 8.42 Å². The van der Waals surface area contributed by atoms with Gasteiger partial charge in [-0.05, 0) is 37.0 Å². The zero-order chi connectivity index (χ0) is 19.7. The summed E-state index contributed by atoms with van der Waals surface area (Å²) < 4.78 is 26.5. The highest BCUT2D eigenvalue weighted by atomic mass is 32.2. The van der Waals surface area contributed by atoms with E-state index in [1.807, 2.05) is 42.5 Å². The third kappa shape index (κ3) is 8.23. The Hall–Kier alpha value is -2.38. The van der Waals surface area contributed by atoms with Crippen LogP contribution in [-0.2, 0) is 28.7 Å². The summed E-state index contributed by atoms with van der Waals surface area (Å²) in [6.07, 6.45) is 0.880. The predicted molar refractivity (Wildman–Crippen MR) is 111 cm³/mol. The predicted octanol–water partition coefficient (Wildman–Crippen LogP) is 2.16. The van der Waals surface area contributed by atoms with Crippen molar-refractivity contribution in [2.24, 2.45) is 10.7 Å². The normalized spacial score (nSPS) is 12.3. The Morgan fingerprint density at radius 3 is 2.26 bits per heavy atom. The van der Waals surface area contributed by atoms with Crippen molar-refractivity contribution in [2.75, 3.05) is 6.54 Å². The average molecular weight is 389 g/mol. The summed E-state index contributed by atoms with van der Waals surface area (Å²) in [7, 11) is -3.31. The molecule has 7 heteroatoms. The third-order valence-electron chi connectivity index (χ3n) is 3.79. The van der Waals surface area contributed by atoms with Gasteiger partial charge >= 0.3 is 0 Å². The van der Waals surface area contributed by atoms with Gasteiger partial charge in [-0.3, -0.25) is 0 Å². The Kier molecular flexibility index (Phi) is 7.82. The number of rotatable bonds is 9. The minimum atomic E-state index is -3.31. The molecule has 0 radical (unpaired) electrons. The maximum absolute atomic E-state index is 12.0. The molecule has 0 bridgehead atoms. The maximum atomic E-state index is 12.0. The number of nitrogens with two attached hydrogens (primary N) is 1. The minimum absolute atomic E-state index is 0.0299. The van der Waals surface area contributed by atoms with Gasteiger partial charge in [0.15, 0.2) is 5.96 Å². The Morgan fingerprint density at radius 2 is 1.63 bits per heavy atom. The Bertz CT molecular complexity index is 832. The lowest BCUT2D eigenvalue weighted by molar-refractivity contribution is 0.569. The monoisotopic (exact) mass is 388 g/mol. The van der Waals surface area contributed by atoms with Crippen molar-refractivity contribution in [3.05, 3.63) is 71.3 Å². The molecular formula is C20H28N4O2S. The fourth-order valence-electron chi connectivity index (χ4n) is 2.57. The molecule has 0 aromatic heterocycles. The van der Waals surface area contributed by atoms with Gasteiger partial charge in [0.25, 0.3) is 0 Å². The van der Waals surface area contributed by atoms with Gasteiger partial charge < -0.3 is 11.1 Å². The van der Waals surface area contributed by atoms with Gasteiger partial charge in [0.2, 0.25) is 10.0 Å². The molecule has 146 valence electrons. The zero-order valence-electron chi connectivity index (χ0n) is 15.9. The number of aliphatic imine (C=N–C) groups is 1. The van der Waals surface area contributed by atoms with Crippen LogP contribution in [0.3, 0.4) is 0 Å². The largest absolute Gasteiger partial charge is 0.370 e. The molecule has 0 saturated heterocycles. The number of nitrogens with one attached hydrogen (secondary N) is 2. The Balaban J connectivity index is 1.80. The topological polar surface area (TPSA) is 96.6 Å². The van der Waals surface area contributed by atoms with E-state index in [2.05, 4.69) is 27.2 Å². The zero-order valence-corrected chi connectivity index (χ0v) is 16.7. The van der Waals surface area contributed by atoms with E-state index >= 15 is 0 Å². The van der Waals surface area contributed by atoms with E-state index in [9.17, 15) is 8.42 Å². The second kappa shape index (κ2) is 10.1. The van der Waals surface area contributed by atoms with Crippen molar-refractivity contribution >= 4 is 16.0 Å². The second-order valence-electron chi connectivity index (χ2n) is 6.71. The molecule has 0 atom stereocenters. The van der Waals surface area contributed by atoms with Crippen molar-refractivity contribution in [1.82, 2.24) is 10.0 Å². The van der Waals surface area contributed by atoms with E-state index in [1.165, 1.54) is 5.56 Å². The van der Waals surface area contributed by atoms with Crippen LogP contribution in [0.4, 0.5) is 0 Å². The molecule has 0 heterocycles. The van der Waals surface area contributed by atoms with E-state index in [4.69, 9.17) is 5.73 Å². The highest BCUT2D eigenvalue weighted by Crippen LogP contribution is 2.09. The highest BCUT2D eigenvalue weighted by Gasteiger charge is 2.12. The molecule has 0 amide bonds. The van der Waals surface area contributed by atoms with Gasteiger partial charge in [-0.2, -0.15) is 0 Å². The van der Waals surface area contributed by atoms with Crippen LogP contribution in [0.25, 0.3) is 0 Å². The molecule has 2 aromatic rings. The molecule has 4 N–H and O–H groups in total. The number of hydrogen-bond acceptors (Lipinski definition) is 3. The van der Waals surface area contributed by atoms with Crippen LogP contribution in [-0.4, -0.2) is 27.0 Å². The quantitative estimate of drug-likeness (QED) is 0.453. The van der Waals surface area contributed by atoms with E-state index in [0.29, 0.717) is 12.5 Å². The first-order chi connectivity index (χ1) is 12.8. The molecule has 0 aliphatic heterocycles. The first-order valence-corrected chi connectivity index (χ1v) is 10.6. The van der Waals surface area contributed by atoms with Crippen molar-refractivity contribution in [1.29, 1.82) is 0 Å². The summed E-state index contributed by atoms with van der Waals surface area (Å²) in [5.41, 5.74) is 8.86. The van der Waals surface area contributed by atoms with Gasteiger partial charge in [0.05, 0.1) is 12.3 Å². The van der Waals surface area contributed by atoms with Crippen LogP contribution < -0.4 is 15.8 Å². The smallest absolute Gasteiger partial charge is 0.216 e. The van der Waals surface area contributed by atoms with Gasteiger partial charge in [0, 0.05) is 12.6 Å². The summed E-state index contributed by atoms with van der Waals surface area (Å²) in [5, 5.41) is 3.10. The summed E-state index contributed by atoms with van der Waals surface area (Å²) >= 11 is 0. The number of nitrogens with zero attached hydrogens (tertiary/aromatic N) is 1. The van der Waals surface area contributed by atoms with E-state index in [-0.39, 0.29) is 11.8 Å². The third-order valence-corrected chi connectivity index (χ3v) is 5.33. The molecule has 0 aliphatic rings. The fraction of sp³-hybridized carbons (Fsp3) is 0.350. The van der Waals surface area contributed by atoms with Crippen LogP contribution in [0.1, 0.15) is 30.5 Å². The van der Waals surface area contributed by atoms with Crippen LogP contribution in [0, 0.1) is 0 Å². The van der Waals surface area contributed by atoms with Crippen molar-refractivity contribution in [2.45, 2.75) is 38.6 Å². The van der Waals surface area contributed by atoms with Crippen LogP contribution in [0.2, 0.25) is 0 Å². The molecule has 0 unspecified atom stereocenters. The number of hydrogen-bond donors (Lipinski definition) is 3. The molecular weight excluding hydrogens is 360 g/mol. The summed E-state index contributed by atoms with van der Waals surface area (Å²) in [6.45, 7) is 4.77. The van der Waals surface area contributed by atoms with E-state index in [1.54, 1.807) is 13.8 Å². The Morgan fingerprint density at radius 1 is 1.00 bits per heavy atom. The summed E-state index contributed by atoms with van der Waals surface area (Å²) in [5.74, 6) is 0.372. The lowest BCUT2D eigenvalue weighted by Gasteiger charge is -2.10. The van der Waals surface area contributed by atoms with Gasteiger partial charge in [-0.25, -0.2) is 18.1 Å². The molecule has 2 rings (SSSR count). The minimum Gasteiger partial charge on any atom is -0.370 e. The van der Waals surface area contributed by atoms with Crippen LogP contribution in [0.5, 0.6) is 0 Å². The van der Waals surface area contributed by atoms with E-state index in [0.717, 1.165) is 24.1 Å². The van der Waals surface area contributed by atoms with Crippen molar-refractivity contribution in [3.8, 4) is 0 Å². The number of guanidine groups is 1. The number of sulfonamides is 1. The second-order valence-corrected chi connectivity index (χ2v) is 8.47. The highest BCUT2D eigenvalue weighted by molar-refractivity contribution is 7.88. The summed E-state index contributed by atoms with van der Waals surface area (Å²) in [6, 6.07) is 17.4. The fourth-order valence-corrected chi connectivity index (χ4v) is 4.01. The van der Waals surface area contributed by atoms with Crippen LogP contribution >= 0.6 is 0 Å². The molecule has 6 nitrogen and oxygen atoms in total. The lowest BCUT2D eigenvalue weighted by Crippen LogP contribution is -2.33. The first-order valence-electron chi connectivity index (χ1n) is 8.99. The molecule has 2 aromatic carbocycles. The molecule has 0 saturated carbocycles. The SMILES string of the molecule is CC(C)NS(=O)(=O)Cc1ccc(CN=C(N)NCCc2ccccc2)cc1. The van der Waals surface area contributed by atoms with Crippen LogP contribution in [0.15, 0.2) is 59.6 Å². The van der Waals surface area contributed by atoms with Gasteiger partial charge in [-0.1, -0.05) is 54.6 Å². The summed E-state index contributed by atoms with van der Waals surface area (Å²) in [4.78, 5) is 4.32. The molecule has 0 aliphatic carbocycles. The maximum Gasteiger partial charge on any atom is 0.216 e. The standard InChI is InChI=1S/C20H28N4O2S/c1-16(2)24-27(25,26)15-19-10-8-18(9-11-19)14-23-20(21)22-13-12-17-6-4-3-5-7-17/h3-11,16,24H,12-15H2,1-2H3,(H3,21,22,23). The molecule has 0 spiro atoms.